The van der Waals surface area contributed by atoms with E-state index in [4.69, 9.17) is 11.6 Å². The van der Waals surface area contributed by atoms with Gasteiger partial charge in [-0.2, -0.15) is 5.10 Å². The van der Waals surface area contributed by atoms with Crippen molar-refractivity contribution in [2.24, 2.45) is 0 Å². The van der Waals surface area contributed by atoms with Crippen molar-refractivity contribution in [3.8, 4) is 0 Å². The number of carbonyl (C=O) groups excluding carboxylic acids is 1. The number of hydrogen-bond donors (Lipinski definition) is 1. The normalized spacial score (nSPS) is 11.8. The van der Waals surface area contributed by atoms with E-state index in [0.29, 0.717) is 16.3 Å². The molecule has 8 heteroatoms. The Bertz CT molecular complexity index is 931. The number of ketones is 1. The SMILES string of the molecule is O=C(C(=C(Nc1ccccc1)SCCCBr)n1cncn1)c1ccc(Cl)cc1. The molecule has 0 atom stereocenters. The van der Waals surface area contributed by atoms with Gasteiger partial charge in [-0.25, -0.2) is 9.67 Å². The van der Waals surface area contributed by atoms with E-state index in [1.165, 1.54) is 17.3 Å². The summed E-state index contributed by atoms with van der Waals surface area (Å²) in [4.78, 5) is 17.4. The standard InChI is InChI=1S/C20H18BrClN4OS/c21-11-4-12-28-20(25-17-5-2-1-3-6-17)18(26-14-23-13-24-26)19(27)15-7-9-16(22)10-8-15/h1-3,5-10,13-14,25H,4,11-12H2. The molecule has 0 saturated carbocycles. The minimum absolute atomic E-state index is 0.160. The van der Waals surface area contributed by atoms with E-state index in [1.807, 2.05) is 30.3 Å². The Hall–Kier alpha value is -2.09. The summed E-state index contributed by atoms with van der Waals surface area (Å²) in [5.41, 5.74) is 1.84. The number of halogens is 2. The summed E-state index contributed by atoms with van der Waals surface area (Å²) in [6.45, 7) is 0. The van der Waals surface area contributed by atoms with Crippen LogP contribution in [0.5, 0.6) is 0 Å². The number of benzene rings is 2. The number of nitrogens with zero attached hydrogens (tertiary/aromatic N) is 3. The number of hydrogen-bond acceptors (Lipinski definition) is 5. The van der Waals surface area contributed by atoms with Crippen LogP contribution < -0.4 is 5.32 Å². The molecule has 1 heterocycles. The molecule has 0 bridgehead atoms. The van der Waals surface area contributed by atoms with Crippen LogP contribution in [0, 0.1) is 0 Å². The molecule has 0 unspecified atom stereocenters. The van der Waals surface area contributed by atoms with Gasteiger partial charge < -0.3 is 5.32 Å². The molecule has 0 aliphatic rings. The molecule has 28 heavy (non-hydrogen) atoms. The fourth-order valence-electron chi connectivity index (χ4n) is 2.42. The molecule has 0 amide bonds. The van der Waals surface area contributed by atoms with Crippen molar-refractivity contribution in [1.82, 2.24) is 14.8 Å². The highest BCUT2D eigenvalue weighted by Gasteiger charge is 2.21. The van der Waals surface area contributed by atoms with E-state index in [0.717, 1.165) is 28.2 Å². The topological polar surface area (TPSA) is 59.8 Å². The molecular weight excluding hydrogens is 460 g/mol. The minimum atomic E-state index is -0.160. The molecule has 144 valence electrons. The highest BCUT2D eigenvalue weighted by atomic mass is 79.9. The third-order valence-corrected chi connectivity index (χ3v) is 5.63. The molecule has 0 saturated heterocycles. The van der Waals surface area contributed by atoms with Crippen molar-refractivity contribution in [3.05, 3.63) is 82.9 Å². The summed E-state index contributed by atoms with van der Waals surface area (Å²) in [6, 6.07) is 16.6. The molecule has 3 rings (SSSR count). The van der Waals surface area contributed by atoms with Gasteiger partial charge in [0, 0.05) is 27.4 Å². The van der Waals surface area contributed by atoms with Gasteiger partial charge in [0.2, 0.25) is 5.78 Å². The number of alkyl halides is 1. The molecule has 0 aliphatic carbocycles. The number of Topliss-reactive ketones (excluding diaryl/α,β-unsaturated/α-hetero) is 1. The van der Waals surface area contributed by atoms with Gasteiger partial charge in [-0.3, -0.25) is 4.79 Å². The molecule has 1 N–H and O–H groups in total. The third-order valence-electron chi connectivity index (χ3n) is 3.74. The van der Waals surface area contributed by atoms with Crippen molar-refractivity contribution < 1.29 is 4.79 Å². The summed E-state index contributed by atoms with van der Waals surface area (Å²) in [5.74, 6) is 0.680. The lowest BCUT2D eigenvalue weighted by Crippen LogP contribution is -2.15. The summed E-state index contributed by atoms with van der Waals surface area (Å²) in [6.07, 6.45) is 3.91. The predicted octanol–water partition coefficient (Wildman–Crippen LogP) is 5.57. The van der Waals surface area contributed by atoms with Crippen LogP contribution >= 0.6 is 39.3 Å². The van der Waals surface area contributed by atoms with Crippen LogP contribution in [0.1, 0.15) is 16.8 Å². The quantitative estimate of drug-likeness (QED) is 0.189. The van der Waals surface area contributed by atoms with E-state index in [-0.39, 0.29) is 5.78 Å². The Labute approximate surface area is 181 Å². The molecule has 0 fully saturated rings. The third kappa shape index (κ3) is 5.47. The Morgan fingerprint density at radius 1 is 1.14 bits per heavy atom. The Balaban J connectivity index is 2.06. The first-order valence-corrected chi connectivity index (χ1v) is 11.1. The van der Waals surface area contributed by atoms with E-state index < -0.39 is 0 Å². The highest BCUT2D eigenvalue weighted by molar-refractivity contribution is 9.09. The lowest BCUT2D eigenvalue weighted by molar-refractivity contribution is 0.104. The van der Waals surface area contributed by atoms with Crippen LogP contribution in [0.3, 0.4) is 0 Å². The Kier molecular flexibility index (Phi) is 7.71. The fourth-order valence-corrected chi connectivity index (χ4v) is 4.20. The van der Waals surface area contributed by atoms with Gasteiger partial charge in [0.25, 0.3) is 0 Å². The lowest BCUT2D eigenvalue weighted by Gasteiger charge is -2.16. The monoisotopic (exact) mass is 476 g/mol. The molecule has 2 aromatic carbocycles. The molecule has 5 nitrogen and oxygen atoms in total. The maximum absolute atomic E-state index is 13.4. The first-order valence-electron chi connectivity index (χ1n) is 8.59. The van der Waals surface area contributed by atoms with Crippen LogP contribution in [0.25, 0.3) is 5.70 Å². The fraction of sp³-hybridized carbons (Fsp3) is 0.150. The summed E-state index contributed by atoms with van der Waals surface area (Å²) >= 11 is 11.0. The number of aromatic nitrogens is 3. The number of anilines is 1. The average Bonchev–Trinajstić information content (AvgIpc) is 3.24. The van der Waals surface area contributed by atoms with Gasteiger partial charge in [-0.1, -0.05) is 45.7 Å². The van der Waals surface area contributed by atoms with Crippen LogP contribution in [-0.2, 0) is 0 Å². The molecular formula is C20H18BrClN4OS. The second kappa shape index (κ2) is 10.5. The average molecular weight is 478 g/mol. The Morgan fingerprint density at radius 3 is 2.54 bits per heavy atom. The maximum atomic E-state index is 13.4. The minimum Gasteiger partial charge on any atom is -0.348 e. The first-order chi connectivity index (χ1) is 13.7. The summed E-state index contributed by atoms with van der Waals surface area (Å²) < 4.78 is 1.50. The van der Waals surface area contributed by atoms with Crippen molar-refractivity contribution in [2.45, 2.75) is 6.42 Å². The van der Waals surface area contributed by atoms with Crippen molar-refractivity contribution in [3.63, 3.8) is 0 Å². The molecule has 0 radical (unpaired) electrons. The molecule has 0 aliphatic heterocycles. The first kappa shape index (κ1) is 20.6. The van der Waals surface area contributed by atoms with Gasteiger partial charge in [-0.15, -0.1) is 11.8 Å². The van der Waals surface area contributed by atoms with Gasteiger partial charge in [0.15, 0.2) is 0 Å². The van der Waals surface area contributed by atoms with E-state index >= 15 is 0 Å². The van der Waals surface area contributed by atoms with Crippen LogP contribution in [0.15, 0.2) is 72.3 Å². The number of carbonyl (C=O) groups is 1. The predicted molar refractivity (Wildman–Crippen MR) is 120 cm³/mol. The smallest absolute Gasteiger partial charge is 0.214 e. The van der Waals surface area contributed by atoms with Crippen molar-refractivity contribution >= 4 is 56.5 Å². The van der Waals surface area contributed by atoms with Crippen molar-refractivity contribution in [2.75, 3.05) is 16.4 Å². The lowest BCUT2D eigenvalue weighted by atomic mass is 10.1. The number of para-hydroxylation sites is 1. The van der Waals surface area contributed by atoms with Crippen LogP contribution in [-0.4, -0.2) is 31.6 Å². The van der Waals surface area contributed by atoms with E-state index in [2.05, 4.69) is 31.3 Å². The summed E-state index contributed by atoms with van der Waals surface area (Å²) in [7, 11) is 0. The second-order valence-corrected chi connectivity index (χ2v) is 8.07. The van der Waals surface area contributed by atoms with Crippen LogP contribution in [0.4, 0.5) is 5.69 Å². The number of nitrogens with one attached hydrogen (secondary N) is 1. The van der Waals surface area contributed by atoms with Crippen molar-refractivity contribution in [1.29, 1.82) is 0 Å². The van der Waals surface area contributed by atoms with E-state index in [1.54, 1.807) is 36.0 Å². The summed E-state index contributed by atoms with van der Waals surface area (Å²) in [5, 5.41) is 9.78. The molecule has 3 aromatic rings. The zero-order valence-corrected chi connectivity index (χ0v) is 18.0. The number of thioether (sulfide) groups is 1. The van der Waals surface area contributed by atoms with Gasteiger partial charge in [-0.05, 0) is 42.8 Å². The van der Waals surface area contributed by atoms with Gasteiger partial charge in [0.1, 0.15) is 23.4 Å². The Morgan fingerprint density at radius 2 is 1.89 bits per heavy atom. The zero-order valence-electron chi connectivity index (χ0n) is 14.9. The number of allylic oxidation sites excluding steroid dienone is 1. The molecule has 1 aromatic heterocycles. The maximum Gasteiger partial charge on any atom is 0.214 e. The van der Waals surface area contributed by atoms with Gasteiger partial charge >= 0.3 is 0 Å². The zero-order chi connectivity index (χ0) is 19.8. The highest BCUT2D eigenvalue weighted by Crippen LogP contribution is 2.28. The number of rotatable bonds is 9. The van der Waals surface area contributed by atoms with Crippen LogP contribution in [0.2, 0.25) is 5.02 Å². The molecule has 0 spiro atoms. The van der Waals surface area contributed by atoms with Gasteiger partial charge in [0.05, 0.1) is 0 Å². The largest absolute Gasteiger partial charge is 0.348 e. The van der Waals surface area contributed by atoms with E-state index in [9.17, 15) is 4.79 Å². The second-order valence-electron chi connectivity index (χ2n) is 5.74.